The van der Waals surface area contributed by atoms with Crippen molar-refractivity contribution >= 4 is 27.3 Å². The fourth-order valence-electron chi connectivity index (χ4n) is 2.41. The first-order chi connectivity index (χ1) is 8.84. The van der Waals surface area contributed by atoms with Gasteiger partial charge in [0.2, 0.25) is 0 Å². The maximum absolute atomic E-state index is 12.0. The average Bonchev–Trinajstić information content (AvgIpc) is 2.79. The first kappa shape index (κ1) is 13.0. The Kier molecular flexibility index (Phi) is 3.32. The minimum absolute atomic E-state index is 0. The number of H-pyrrole nitrogens is 1. The predicted molar refractivity (Wildman–Crippen MR) is 70.8 cm³/mol. The Morgan fingerprint density at radius 3 is 2.47 bits per heavy atom. The molecule has 0 fully saturated rings. The van der Waals surface area contributed by atoms with Crippen LogP contribution in [0.1, 0.15) is 0 Å². The van der Waals surface area contributed by atoms with Crippen molar-refractivity contribution in [1.82, 2.24) is 14.6 Å². The molecule has 0 atom stereocenters. The van der Waals surface area contributed by atoms with Crippen molar-refractivity contribution in [3.8, 4) is 0 Å². The second-order valence-corrected chi connectivity index (χ2v) is 4.25. The molecule has 2 aromatic heterocycles. The van der Waals surface area contributed by atoms with Crippen LogP contribution in [-0.4, -0.2) is 14.6 Å². The molecule has 0 unspecified atom stereocenters. The zero-order chi connectivity index (χ0) is 12.1. The van der Waals surface area contributed by atoms with Gasteiger partial charge in [0.25, 0.3) is 0 Å². The smallest absolute Gasteiger partial charge is 0.305 e. The van der Waals surface area contributed by atoms with Crippen LogP contribution in [0.4, 0.5) is 0 Å². The van der Waals surface area contributed by atoms with Crippen molar-refractivity contribution in [1.29, 1.82) is 0 Å². The molecular formula is C14H9KN3O+. The van der Waals surface area contributed by atoms with Crippen molar-refractivity contribution in [2.75, 3.05) is 0 Å². The van der Waals surface area contributed by atoms with Gasteiger partial charge in [0, 0.05) is 10.8 Å². The van der Waals surface area contributed by atoms with Crippen LogP contribution >= 0.6 is 0 Å². The van der Waals surface area contributed by atoms with E-state index >= 15 is 0 Å². The Balaban J connectivity index is 0.00000110. The van der Waals surface area contributed by atoms with Gasteiger partial charge in [-0.15, -0.1) is 0 Å². The molecule has 0 radical (unpaired) electrons. The van der Waals surface area contributed by atoms with Gasteiger partial charge in [0.1, 0.15) is 0 Å². The summed E-state index contributed by atoms with van der Waals surface area (Å²) in [7, 11) is 0. The summed E-state index contributed by atoms with van der Waals surface area (Å²) in [6.07, 6.45) is 0. The van der Waals surface area contributed by atoms with E-state index < -0.39 is 0 Å². The van der Waals surface area contributed by atoms with Crippen LogP contribution in [0.2, 0.25) is 0 Å². The van der Waals surface area contributed by atoms with Crippen LogP contribution in [0.3, 0.4) is 0 Å². The van der Waals surface area contributed by atoms with Gasteiger partial charge in [-0.3, -0.25) is 0 Å². The second kappa shape index (κ2) is 4.84. The van der Waals surface area contributed by atoms with Crippen LogP contribution in [0.5, 0.6) is 0 Å². The van der Waals surface area contributed by atoms with Gasteiger partial charge in [-0.2, -0.15) is 9.61 Å². The number of aromatic nitrogens is 3. The van der Waals surface area contributed by atoms with Crippen LogP contribution in [0, 0.1) is 0 Å². The Bertz CT molecular complexity index is 955. The maximum Gasteiger partial charge on any atom is 1.00 e. The Hall–Kier alpha value is -0.984. The molecule has 0 spiro atoms. The summed E-state index contributed by atoms with van der Waals surface area (Å²) in [5, 5.41) is 6.34. The first-order valence-corrected chi connectivity index (χ1v) is 5.73. The summed E-state index contributed by atoms with van der Waals surface area (Å²) in [6.45, 7) is 0. The van der Waals surface area contributed by atoms with Crippen LogP contribution in [0.15, 0.2) is 53.3 Å². The number of benzene rings is 2. The molecule has 0 aliphatic rings. The molecule has 0 amide bonds. The summed E-state index contributed by atoms with van der Waals surface area (Å²) >= 11 is 0. The van der Waals surface area contributed by atoms with Gasteiger partial charge in [-0.25, -0.2) is 4.79 Å². The average molecular weight is 274 g/mol. The number of aromatic amines is 1. The van der Waals surface area contributed by atoms with Crippen molar-refractivity contribution in [3.05, 3.63) is 59.0 Å². The first-order valence-electron chi connectivity index (χ1n) is 5.73. The molecule has 86 valence electrons. The number of hydrogen-bond donors (Lipinski definition) is 1. The predicted octanol–water partition coefficient (Wildman–Crippen LogP) is -0.667. The molecule has 0 aliphatic heterocycles. The number of hydrogen-bond acceptors (Lipinski definition) is 2. The van der Waals surface area contributed by atoms with Crippen LogP contribution in [-0.2, 0) is 0 Å². The molecule has 5 heteroatoms. The van der Waals surface area contributed by atoms with Gasteiger partial charge in [0.15, 0.2) is 0 Å². The second-order valence-electron chi connectivity index (χ2n) is 4.25. The molecule has 4 nitrogen and oxygen atoms in total. The SMILES string of the molecule is O=c1[nH]c2ccccc2c2c3ccccc3nn12.[K+]. The van der Waals surface area contributed by atoms with Crippen molar-refractivity contribution < 1.29 is 51.4 Å². The van der Waals surface area contributed by atoms with Crippen molar-refractivity contribution in [2.45, 2.75) is 0 Å². The Morgan fingerprint density at radius 2 is 1.63 bits per heavy atom. The van der Waals surface area contributed by atoms with E-state index in [-0.39, 0.29) is 57.1 Å². The third-order valence-corrected chi connectivity index (χ3v) is 3.19. The Labute approximate surface area is 150 Å². The van der Waals surface area contributed by atoms with Gasteiger partial charge in [-0.1, -0.05) is 36.4 Å². The van der Waals surface area contributed by atoms with Crippen molar-refractivity contribution in [2.24, 2.45) is 0 Å². The summed E-state index contributed by atoms with van der Waals surface area (Å²) < 4.78 is 1.44. The summed E-state index contributed by atoms with van der Waals surface area (Å²) in [6, 6.07) is 15.5. The molecule has 1 N–H and O–H groups in total. The monoisotopic (exact) mass is 274 g/mol. The summed E-state index contributed by atoms with van der Waals surface area (Å²) in [4.78, 5) is 14.8. The fourth-order valence-corrected chi connectivity index (χ4v) is 2.41. The van der Waals surface area contributed by atoms with Gasteiger partial charge >= 0.3 is 57.1 Å². The number of rotatable bonds is 0. The van der Waals surface area contributed by atoms with Crippen LogP contribution < -0.4 is 57.1 Å². The quantitative estimate of drug-likeness (QED) is 0.433. The van der Waals surface area contributed by atoms with E-state index in [1.807, 2.05) is 48.5 Å². The summed E-state index contributed by atoms with van der Waals surface area (Å²) in [5.41, 5.74) is 2.32. The molecular weight excluding hydrogens is 265 g/mol. The molecule has 4 rings (SSSR count). The van der Waals surface area contributed by atoms with E-state index in [1.54, 1.807) is 0 Å². The molecule has 2 heterocycles. The van der Waals surface area contributed by atoms with E-state index in [9.17, 15) is 4.79 Å². The molecule has 2 aromatic carbocycles. The minimum atomic E-state index is -0.208. The zero-order valence-corrected chi connectivity index (χ0v) is 13.5. The molecule has 0 saturated carbocycles. The molecule has 0 bridgehead atoms. The topological polar surface area (TPSA) is 50.2 Å². The van der Waals surface area contributed by atoms with E-state index in [4.69, 9.17) is 0 Å². The zero-order valence-electron chi connectivity index (χ0n) is 10.4. The maximum atomic E-state index is 12.0. The normalized spacial score (nSPS) is 10.9. The van der Waals surface area contributed by atoms with E-state index in [0.717, 1.165) is 27.3 Å². The third-order valence-electron chi connectivity index (χ3n) is 3.19. The van der Waals surface area contributed by atoms with Gasteiger partial charge < -0.3 is 4.98 Å². The van der Waals surface area contributed by atoms with Crippen molar-refractivity contribution in [3.63, 3.8) is 0 Å². The number of fused-ring (bicyclic) bond motifs is 5. The van der Waals surface area contributed by atoms with E-state index in [0.29, 0.717) is 0 Å². The Morgan fingerprint density at radius 1 is 0.947 bits per heavy atom. The van der Waals surface area contributed by atoms with Gasteiger partial charge in [0.05, 0.1) is 16.6 Å². The standard InChI is InChI=1S/C14H9N3O.K/c18-14-15-11-7-3-1-5-9(11)13-10-6-2-4-8-12(10)16-17(13)14;/h1-8H,(H,15,18);/q;+1. The third kappa shape index (κ3) is 1.89. The molecule has 0 aliphatic carbocycles. The molecule has 19 heavy (non-hydrogen) atoms. The van der Waals surface area contributed by atoms with Crippen LogP contribution in [0.25, 0.3) is 27.3 Å². The van der Waals surface area contributed by atoms with E-state index in [2.05, 4.69) is 10.1 Å². The number of nitrogens with zero attached hydrogens (tertiary/aromatic N) is 2. The fraction of sp³-hybridized carbons (Fsp3) is 0. The number of nitrogens with one attached hydrogen (secondary N) is 1. The minimum Gasteiger partial charge on any atom is -0.305 e. The van der Waals surface area contributed by atoms with E-state index in [1.165, 1.54) is 4.52 Å². The number of para-hydroxylation sites is 1. The largest absolute Gasteiger partial charge is 1.00 e. The summed E-state index contributed by atoms with van der Waals surface area (Å²) in [5.74, 6) is 0. The molecule has 0 saturated heterocycles. The molecule has 4 aromatic rings. The van der Waals surface area contributed by atoms with Gasteiger partial charge in [-0.05, 0) is 12.1 Å².